The van der Waals surface area contributed by atoms with Gasteiger partial charge in [0, 0.05) is 24.9 Å². The fraction of sp³-hybridized carbons (Fsp3) is 0.308. The highest BCUT2D eigenvalue weighted by Gasteiger charge is 2.08. The molecule has 1 amide bonds. The molecule has 0 saturated carbocycles. The largest absolute Gasteiger partial charge is 0.497 e. The number of nitrogens with two attached hydrogens (primary N) is 1. The van der Waals surface area contributed by atoms with Gasteiger partial charge in [-0.25, -0.2) is 4.98 Å². The molecule has 0 radical (unpaired) electrons. The minimum atomic E-state index is -0.205. The van der Waals surface area contributed by atoms with Crippen LogP contribution in [0.5, 0.6) is 5.75 Å². The Morgan fingerprint density at radius 3 is 2.45 bits per heavy atom. The number of amides is 1. The van der Waals surface area contributed by atoms with Gasteiger partial charge in [0.1, 0.15) is 11.6 Å². The summed E-state index contributed by atoms with van der Waals surface area (Å²) in [6, 6.07) is 19.0. The second-order valence-electron chi connectivity index (χ2n) is 7.73. The summed E-state index contributed by atoms with van der Waals surface area (Å²) in [7, 11) is 1.67. The third-order valence-electron chi connectivity index (χ3n) is 5.20. The number of hydrogen-bond acceptors (Lipinski definition) is 6. The summed E-state index contributed by atoms with van der Waals surface area (Å²) in [4.78, 5) is 16.3. The maximum Gasteiger partial charge on any atom is 0.255 e. The second-order valence-corrected chi connectivity index (χ2v) is 7.73. The first kappa shape index (κ1) is 24.2. The first-order valence-electron chi connectivity index (χ1n) is 11.2. The van der Waals surface area contributed by atoms with Crippen LogP contribution in [0.1, 0.15) is 40.7 Å². The minimum Gasteiger partial charge on any atom is -0.497 e. The van der Waals surface area contributed by atoms with Crippen molar-refractivity contribution >= 4 is 17.4 Å². The van der Waals surface area contributed by atoms with Crippen LogP contribution in [0, 0.1) is 0 Å². The number of carbonyl (C=O) groups excluding carboxylic acids is 1. The van der Waals surface area contributed by atoms with Crippen molar-refractivity contribution < 1.29 is 14.3 Å². The number of hydrogen-bond donors (Lipinski definition) is 3. The molecule has 0 bridgehead atoms. The summed E-state index contributed by atoms with van der Waals surface area (Å²) >= 11 is 0. The molecular formula is C26H32N4O3. The standard InChI is InChI=1S/C26H32N4O3/c1-32-23-13-9-21(10-14-23)19-33-17-4-2-3-15-28-18-20-7-11-22(12-8-20)26(31)30-24-6-5-16-29-25(24)27/h5-14,16,28H,2-4,15,17-19H2,1H3,(H2,27,29)(H,30,31). The van der Waals surface area contributed by atoms with Crippen molar-refractivity contribution in [3.8, 4) is 5.75 Å². The number of nitrogen functional groups attached to an aromatic ring is 1. The van der Waals surface area contributed by atoms with E-state index in [0.717, 1.165) is 55.8 Å². The Labute approximate surface area is 195 Å². The number of nitrogens with one attached hydrogen (secondary N) is 2. The van der Waals surface area contributed by atoms with Gasteiger partial charge in [-0.05, 0) is 73.3 Å². The molecule has 1 heterocycles. The molecule has 7 heteroatoms. The summed E-state index contributed by atoms with van der Waals surface area (Å²) in [5.41, 5.74) is 9.16. The summed E-state index contributed by atoms with van der Waals surface area (Å²) < 4.78 is 10.9. The van der Waals surface area contributed by atoms with E-state index in [1.165, 1.54) is 0 Å². The lowest BCUT2D eigenvalue weighted by molar-refractivity contribution is 0.102. The van der Waals surface area contributed by atoms with Crippen LogP contribution in [0.3, 0.4) is 0 Å². The van der Waals surface area contributed by atoms with Gasteiger partial charge in [-0.3, -0.25) is 4.79 Å². The van der Waals surface area contributed by atoms with Crippen LogP contribution < -0.4 is 21.1 Å². The van der Waals surface area contributed by atoms with E-state index in [0.29, 0.717) is 23.7 Å². The van der Waals surface area contributed by atoms with Crippen LogP contribution in [-0.4, -0.2) is 31.2 Å². The quantitative estimate of drug-likeness (QED) is 0.335. The van der Waals surface area contributed by atoms with Gasteiger partial charge in [-0.1, -0.05) is 24.3 Å². The van der Waals surface area contributed by atoms with Gasteiger partial charge in [0.15, 0.2) is 0 Å². The smallest absolute Gasteiger partial charge is 0.255 e. The summed E-state index contributed by atoms with van der Waals surface area (Å²) in [6.07, 6.45) is 4.85. The Morgan fingerprint density at radius 2 is 1.73 bits per heavy atom. The number of rotatable bonds is 13. The van der Waals surface area contributed by atoms with Crippen LogP contribution in [0.25, 0.3) is 0 Å². The average molecular weight is 449 g/mol. The molecule has 0 aliphatic rings. The van der Waals surface area contributed by atoms with Crippen LogP contribution in [-0.2, 0) is 17.9 Å². The van der Waals surface area contributed by atoms with E-state index in [1.807, 2.05) is 48.5 Å². The van der Waals surface area contributed by atoms with Crippen molar-refractivity contribution in [1.82, 2.24) is 10.3 Å². The second kappa shape index (κ2) is 13.2. The molecule has 7 nitrogen and oxygen atoms in total. The third kappa shape index (κ3) is 8.21. The van der Waals surface area contributed by atoms with Crippen LogP contribution in [0.4, 0.5) is 11.5 Å². The predicted octanol–water partition coefficient (Wildman–Crippen LogP) is 4.40. The van der Waals surface area contributed by atoms with Crippen molar-refractivity contribution in [3.05, 3.63) is 83.6 Å². The van der Waals surface area contributed by atoms with E-state index in [9.17, 15) is 4.79 Å². The van der Waals surface area contributed by atoms with E-state index in [1.54, 1.807) is 25.4 Å². The molecule has 3 rings (SSSR count). The molecule has 0 spiro atoms. The van der Waals surface area contributed by atoms with E-state index in [-0.39, 0.29) is 5.91 Å². The van der Waals surface area contributed by atoms with E-state index < -0.39 is 0 Å². The van der Waals surface area contributed by atoms with Crippen molar-refractivity contribution in [2.45, 2.75) is 32.4 Å². The van der Waals surface area contributed by atoms with E-state index in [4.69, 9.17) is 15.2 Å². The Balaban J connectivity index is 1.25. The average Bonchev–Trinajstić information content (AvgIpc) is 2.85. The zero-order valence-electron chi connectivity index (χ0n) is 19.0. The number of unbranched alkanes of at least 4 members (excludes halogenated alkanes) is 2. The van der Waals surface area contributed by atoms with E-state index in [2.05, 4.69) is 15.6 Å². The molecule has 0 saturated heterocycles. The highest BCUT2D eigenvalue weighted by molar-refractivity contribution is 6.05. The molecule has 0 atom stereocenters. The molecule has 1 aromatic heterocycles. The lowest BCUT2D eigenvalue weighted by atomic mass is 10.1. The normalized spacial score (nSPS) is 10.7. The van der Waals surface area contributed by atoms with Gasteiger partial charge in [-0.15, -0.1) is 0 Å². The monoisotopic (exact) mass is 448 g/mol. The van der Waals surface area contributed by atoms with E-state index >= 15 is 0 Å². The summed E-state index contributed by atoms with van der Waals surface area (Å²) in [6.45, 7) is 3.11. The summed E-state index contributed by atoms with van der Waals surface area (Å²) in [5, 5.41) is 6.23. The molecule has 2 aromatic carbocycles. The number of aromatic nitrogens is 1. The molecule has 0 fully saturated rings. The van der Waals surface area contributed by atoms with Crippen molar-refractivity contribution in [2.75, 3.05) is 31.3 Å². The Kier molecular flexibility index (Phi) is 9.69. The molecule has 0 aliphatic heterocycles. The van der Waals surface area contributed by atoms with Gasteiger partial charge in [0.25, 0.3) is 5.91 Å². The number of anilines is 2. The Morgan fingerprint density at radius 1 is 0.970 bits per heavy atom. The van der Waals surface area contributed by atoms with Gasteiger partial charge < -0.3 is 25.8 Å². The SMILES string of the molecule is COc1ccc(COCCCCCNCc2ccc(C(=O)Nc3cccnc3N)cc2)cc1. The minimum absolute atomic E-state index is 0.205. The van der Waals surface area contributed by atoms with Crippen LogP contribution >= 0.6 is 0 Å². The molecule has 33 heavy (non-hydrogen) atoms. The topological polar surface area (TPSA) is 98.5 Å². The van der Waals surface area contributed by atoms with Gasteiger partial charge in [-0.2, -0.15) is 0 Å². The summed E-state index contributed by atoms with van der Waals surface area (Å²) in [5.74, 6) is 0.956. The Bertz CT molecular complexity index is 991. The molecular weight excluding hydrogens is 416 g/mol. The third-order valence-corrected chi connectivity index (χ3v) is 5.20. The molecule has 4 N–H and O–H groups in total. The lowest BCUT2D eigenvalue weighted by Gasteiger charge is -2.09. The van der Waals surface area contributed by atoms with Gasteiger partial charge >= 0.3 is 0 Å². The number of carbonyl (C=O) groups is 1. The Hall–Kier alpha value is -3.42. The zero-order valence-corrected chi connectivity index (χ0v) is 19.0. The fourth-order valence-corrected chi connectivity index (χ4v) is 3.27. The highest BCUT2D eigenvalue weighted by Crippen LogP contribution is 2.15. The predicted molar refractivity (Wildman–Crippen MR) is 131 cm³/mol. The first-order valence-corrected chi connectivity index (χ1v) is 11.2. The number of methoxy groups -OCH3 is 1. The molecule has 174 valence electrons. The number of nitrogens with zero attached hydrogens (tertiary/aromatic N) is 1. The molecule has 0 aliphatic carbocycles. The lowest BCUT2D eigenvalue weighted by Crippen LogP contribution is -2.16. The van der Waals surface area contributed by atoms with Gasteiger partial charge in [0.2, 0.25) is 0 Å². The highest BCUT2D eigenvalue weighted by atomic mass is 16.5. The van der Waals surface area contributed by atoms with Gasteiger partial charge in [0.05, 0.1) is 19.4 Å². The fourth-order valence-electron chi connectivity index (χ4n) is 3.27. The van der Waals surface area contributed by atoms with Crippen molar-refractivity contribution in [1.29, 1.82) is 0 Å². The number of ether oxygens (including phenoxy) is 2. The maximum absolute atomic E-state index is 12.4. The zero-order chi connectivity index (χ0) is 23.3. The van der Waals surface area contributed by atoms with Crippen LogP contribution in [0.15, 0.2) is 66.9 Å². The number of benzene rings is 2. The first-order chi connectivity index (χ1) is 16.2. The molecule has 3 aromatic rings. The van der Waals surface area contributed by atoms with Crippen molar-refractivity contribution in [3.63, 3.8) is 0 Å². The van der Waals surface area contributed by atoms with Crippen LogP contribution in [0.2, 0.25) is 0 Å². The molecule has 0 unspecified atom stereocenters. The number of pyridine rings is 1. The maximum atomic E-state index is 12.4. The van der Waals surface area contributed by atoms with Crippen molar-refractivity contribution in [2.24, 2.45) is 0 Å².